The topological polar surface area (TPSA) is 109 Å². The predicted molar refractivity (Wildman–Crippen MR) is 115 cm³/mol. The third kappa shape index (κ3) is 4.93. The second-order valence-electron chi connectivity index (χ2n) is 8.50. The number of nitrogens with one attached hydrogen (secondary N) is 2. The number of carbonyl (C=O) groups is 1. The van der Waals surface area contributed by atoms with E-state index in [0.29, 0.717) is 35.3 Å². The van der Waals surface area contributed by atoms with Crippen LogP contribution in [0.4, 0.5) is 14.9 Å². The van der Waals surface area contributed by atoms with Gasteiger partial charge in [0.05, 0.1) is 11.8 Å². The summed E-state index contributed by atoms with van der Waals surface area (Å²) >= 11 is 0. The molecule has 1 atom stereocenters. The van der Waals surface area contributed by atoms with Crippen molar-refractivity contribution in [3.63, 3.8) is 0 Å². The van der Waals surface area contributed by atoms with E-state index in [9.17, 15) is 22.7 Å². The number of anilines is 1. The number of aliphatic hydroxyl groups is 1. The van der Waals surface area contributed by atoms with Gasteiger partial charge in [0.1, 0.15) is 11.6 Å². The third-order valence-electron chi connectivity index (χ3n) is 5.46. The molecule has 1 unspecified atom stereocenters. The maximum absolute atomic E-state index is 14.5. The number of aryl methyl sites for hydroxylation is 1. The number of benzene rings is 1. The number of urea groups is 1. The first kappa shape index (κ1) is 23.3. The second kappa shape index (κ2) is 9.00. The quantitative estimate of drug-likeness (QED) is 0.557. The summed E-state index contributed by atoms with van der Waals surface area (Å²) in [5.41, 5.74) is 1.72. The number of sulfonamides is 1. The molecular formula is C22H29FN2O5S. The van der Waals surface area contributed by atoms with Gasteiger partial charge in [-0.3, -0.25) is 0 Å². The highest BCUT2D eigenvalue weighted by molar-refractivity contribution is 7.89. The molecule has 7 nitrogen and oxygen atoms in total. The summed E-state index contributed by atoms with van der Waals surface area (Å²) in [6.45, 7) is 7.39. The summed E-state index contributed by atoms with van der Waals surface area (Å²) in [5, 5.41) is 12.3. The minimum absolute atomic E-state index is 0.0211. The molecule has 0 aliphatic heterocycles. The van der Waals surface area contributed by atoms with Gasteiger partial charge in [-0.2, -0.15) is 8.42 Å². The molecular weight excluding hydrogens is 423 g/mol. The van der Waals surface area contributed by atoms with Crippen LogP contribution in [0.25, 0.3) is 0 Å². The molecule has 1 aromatic heterocycles. The highest BCUT2D eigenvalue weighted by Crippen LogP contribution is 2.35. The van der Waals surface area contributed by atoms with Crippen LogP contribution in [-0.4, -0.2) is 19.6 Å². The van der Waals surface area contributed by atoms with Crippen LogP contribution in [0.3, 0.4) is 0 Å². The van der Waals surface area contributed by atoms with Crippen molar-refractivity contribution in [2.24, 2.45) is 0 Å². The van der Waals surface area contributed by atoms with E-state index in [1.807, 2.05) is 18.6 Å². The zero-order chi connectivity index (χ0) is 22.9. The van der Waals surface area contributed by atoms with Crippen LogP contribution in [0, 0.1) is 5.82 Å². The first-order valence-electron chi connectivity index (χ1n) is 10.5. The molecule has 0 fully saturated rings. The summed E-state index contributed by atoms with van der Waals surface area (Å²) in [4.78, 5) is 12.6. The van der Waals surface area contributed by atoms with Crippen molar-refractivity contribution in [3.8, 4) is 0 Å². The van der Waals surface area contributed by atoms with Gasteiger partial charge in [-0.15, -0.1) is 0 Å². The van der Waals surface area contributed by atoms with Crippen molar-refractivity contribution in [1.82, 2.24) is 4.72 Å². The smallest absolute Gasteiger partial charge is 0.333 e. The van der Waals surface area contributed by atoms with E-state index in [2.05, 4.69) is 5.32 Å². The minimum atomic E-state index is -4.32. The van der Waals surface area contributed by atoms with Crippen LogP contribution < -0.4 is 10.0 Å². The van der Waals surface area contributed by atoms with Crippen molar-refractivity contribution in [2.75, 3.05) is 5.32 Å². The monoisotopic (exact) mass is 452 g/mol. The van der Waals surface area contributed by atoms with Gasteiger partial charge in [0.25, 0.3) is 10.0 Å². The van der Waals surface area contributed by atoms with E-state index in [4.69, 9.17) is 4.42 Å². The first-order chi connectivity index (χ1) is 14.5. The van der Waals surface area contributed by atoms with Crippen LogP contribution in [0.2, 0.25) is 0 Å². The molecule has 0 bridgehead atoms. The molecule has 170 valence electrons. The molecule has 1 aromatic carbocycles. The van der Waals surface area contributed by atoms with E-state index in [0.717, 1.165) is 12.8 Å². The number of fused-ring (bicyclic) bond motifs is 1. The number of furan rings is 1. The average molecular weight is 453 g/mol. The minimum Gasteiger partial charge on any atom is -0.447 e. The molecule has 0 radical (unpaired) electrons. The highest BCUT2D eigenvalue weighted by Gasteiger charge is 2.29. The molecule has 2 aromatic rings. The zero-order valence-corrected chi connectivity index (χ0v) is 19.0. The molecule has 0 saturated heterocycles. The number of hydrogen-bond acceptors (Lipinski definition) is 5. The van der Waals surface area contributed by atoms with Gasteiger partial charge in [-0.05, 0) is 36.3 Å². The van der Waals surface area contributed by atoms with Crippen LogP contribution >= 0.6 is 0 Å². The SMILES string of the molecule is CC(C)c1ccc(F)c(C(C)C)c1NC(=O)NS(=O)(=O)c1cc2c(o1)CCCCC2O. The maximum Gasteiger partial charge on any atom is 0.333 e. The van der Waals surface area contributed by atoms with E-state index in [1.165, 1.54) is 12.1 Å². The Bertz CT molecular complexity index is 1080. The Balaban J connectivity index is 1.88. The van der Waals surface area contributed by atoms with Gasteiger partial charge in [0.15, 0.2) is 0 Å². The van der Waals surface area contributed by atoms with E-state index in [1.54, 1.807) is 19.9 Å². The summed E-state index contributed by atoms with van der Waals surface area (Å²) in [5.74, 6) is -0.304. The predicted octanol–water partition coefficient (Wildman–Crippen LogP) is 4.94. The fourth-order valence-corrected chi connectivity index (χ4v) is 4.80. The summed E-state index contributed by atoms with van der Waals surface area (Å²) in [6.07, 6.45) is 1.84. The largest absolute Gasteiger partial charge is 0.447 e. The van der Waals surface area contributed by atoms with Crippen molar-refractivity contribution < 1.29 is 27.1 Å². The van der Waals surface area contributed by atoms with Gasteiger partial charge in [-0.1, -0.05) is 40.2 Å². The molecule has 9 heteroatoms. The lowest BCUT2D eigenvalue weighted by atomic mass is 9.92. The molecule has 31 heavy (non-hydrogen) atoms. The van der Waals surface area contributed by atoms with Crippen LogP contribution in [0.1, 0.15) is 87.3 Å². The number of amides is 2. The highest BCUT2D eigenvalue weighted by atomic mass is 32.2. The van der Waals surface area contributed by atoms with Crippen molar-refractivity contribution >= 4 is 21.7 Å². The number of rotatable bonds is 5. The summed E-state index contributed by atoms with van der Waals surface area (Å²) in [7, 11) is -4.32. The van der Waals surface area contributed by atoms with Crippen molar-refractivity contribution in [2.45, 2.75) is 76.4 Å². The molecule has 0 saturated carbocycles. The normalized spacial score (nSPS) is 16.8. The van der Waals surface area contributed by atoms with Crippen LogP contribution in [-0.2, 0) is 16.4 Å². The Kier molecular flexibility index (Phi) is 6.76. The number of hydrogen-bond donors (Lipinski definition) is 3. The Morgan fingerprint density at radius 2 is 1.90 bits per heavy atom. The molecule has 1 aliphatic rings. The zero-order valence-electron chi connectivity index (χ0n) is 18.2. The van der Waals surface area contributed by atoms with Crippen molar-refractivity contribution in [3.05, 3.63) is 46.5 Å². The molecule has 3 N–H and O–H groups in total. The Hall–Kier alpha value is -2.39. The average Bonchev–Trinajstić information content (AvgIpc) is 3.02. The van der Waals surface area contributed by atoms with Crippen LogP contribution in [0.15, 0.2) is 27.7 Å². The molecule has 1 heterocycles. The number of carbonyl (C=O) groups excluding carboxylic acids is 1. The van der Waals surface area contributed by atoms with Gasteiger partial charge in [0, 0.05) is 23.6 Å². The summed E-state index contributed by atoms with van der Waals surface area (Å²) < 4.78 is 47.3. The van der Waals surface area contributed by atoms with E-state index >= 15 is 0 Å². The Morgan fingerprint density at radius 1 is 1.19 bits per heavy atom. The van der Waals surface area contributed by atoms with E-state index < -0.39 is 33.1 Å². The van der Waals surface area contributed by atoms with Gasteiger partial charge in [-0.25, -0.2) is 13.9 Å². The van der Waals surface area contributed by atoms with Crippen molar-refractivity contribution in [1.29, 1.82) is 0 Å². The molecule has 3 rings (SSSR count). The molecule has 2 amide bonds. The van der Waals surface area contributed by atoms with Gasteiger partial charge >= 0.3 is 6.03 Å². The lowest BCUT2D eigenvalue weighted by molar-refractivity contribution is 0.166. The number of aliphatic hydroxyl groups excluding tert-OH is 1. The molecule has 0 spiro atoms. The first-order valence-corrected chi connectivity index (χ1v) is 12.0. The van der Waals surface area contributed by atoms with Crippen LogP contribution in [0.5, 0.6) is 0 Å². The summed E-state index contributed by atoms with van der Waals surface area (Å²) in [6, 6.07) is 3.19. The second-order valence-corrected chi connectivity index (χ2v) is 10.1. The Labute approximate surface area is 182 Å². The fourth-order valence-electron chi connectivity index (χ4n) is 3.91. The fraction of sp³-hybridized carbons (Fsp3) is 0.500. The number of halogens is 1. The van der Waals surface area contributed by atoms with E-state index in [-0.39, 0.29) is 17.5 Å². The third-order valence-corrected chi connectivity index (χ3v) is 6.65. The lowest BCUT2D eigenvalue weighted by Gasteiger charge is -2.21. The molecule has 1 aliphatic carbocycles. The standard InChI is InChI=1S/C22H29FN2O5S/c1-12(2)14-9-10-16(23)20(13(3)4)21(14)24-22(27)25-31(28,29)19-11-15-17(26)7-5-6-8-18(15)30-19/h9-13,17,26H,5-8H2,1-4H3,(H2,24,25,27). The van der Waals surface area contributed by atoms with Gasteiger partial charge in [0.2, 0.25) is 5.09 Å². The van der Waals surface area contributed by atoms with Gasteiger partial charge < -0.3 is 14.8 Å². The Morgan fingerprint density at radius 3 is 2.55 bits per heavy atom. The maximum atomic E-state index is 14.5. The lowest BCUT2D eigenvalue weighted by Crippen LogP contribution is -2.35.